The number of imidazole rings is 1. The molecular formula is C31H29N5O3S. The van der Waals surface area contributed by atoms with Crippen LogP contribution in [0.5, 0.6) is 0 Å². The number of aryl methyl sites for hydroxylation is 1. The van der Waals surface area contributed by atoms with E-state index in [9.17, 15) is 14.4 Å². The zero-order chi connectivity index (χ0) is 28.2. The molecular weight excluding hydrogens is 522 g/mol. The van der Waals surface area contributed by atoms with Crippen LogP contribution >= 0.6 is 11.3 Å². The van der Waals surface area contributed by atoms with Gasteiger partial charge in [0.25, 0.3) is 11.8 Å². The molecule has 0 fully saturated rings. The summed E-state index contributed by atoms with van der Waals surface area (Å²) in [4.78, 5) is 48.0. The molecule has 0 aliphatic carbocycles. The minimum atomic E-state index is -0.278. The molecule has 0 bridgehead atoms. The molecule has 0 aliphatic rings. The minimum Gasteiger partial charge on any atom is -0.349 e. The van der Waals surface area contributed by atoms with Gasteiger partial charge in [0.05, 0.1) is 15.9 Å². The summed E-state index contributed by atoms with van der Waals surface area (Å²) in [6, 6.07) is 28.2. The van der Waals surface area contributed by atoms with E-state index in [0.717, 1.165) is 16.0 Å². The highest BCUT2D eigenvalue weighted by molar-refractivity contribution is 7.17. The summed E-state index contributed by atoms with van der Waals surface area (Å²) >= 11 is 1.40. The van der Waals surface area contributed by atoms with Crippen molar-refractivity contribution in [1.82, 2.24) is 14.5 Å². The van der Waals surface area contributed by atoms with Crippen LogP contribution in [0.2, 0.25) is 0 Å². The number of rotatable bonds is 8. The van der Waals surface area contributed by atoms with Gasteiger partial charge < -0.3 is 14.4 Å². The average molecular weight is 552 g/mol. The summed E-state index contributed by atoms with van der Waals surface area (Å²) in [6.07, 6.45) is 0.243. The SMILES string of the molecule is CN(C)C(=O)CCn1c(NC(=O)c2ccc(-c3ccccc3)s2)nc2cc(N(C)C(=O)c3ccccc3)ccc21. The second-order valence-electron chi connectivity index (χ2n) is 9.51. The fourth-order valence-corrected chi connectivity index (χ4v) is 5.26. The summed E-state index contributed by atoms with van der Waals surface area (Å²) in [5.74, 6) is -0.110. The Bertz CT molecular complexity index is 1680. The number of nitrogens with zero attached hydrogens (tertiary/aromatic N) is 4. The second kappa shape index (κ2) is 11.5. The lowest BCUT2D eigenvalue weighted by molar-refractivity contribution is -0.128. The van der Waals surface area contributed by atoms with Crippen LogP contribution in [-0.4, -0.2) is 53.3 Å². The lowest BCUT2D eigenvalue weighted by Gasteiger charge is -2.17. The summed E-state index contributed by atoms with van der Waals surface area (Å²) in [5, 5.41) is 2.95. The van der Waals surface area contributed by atoms with Crippen molar-refractivity contribution in [2.75, 3.05) is 31.4 Å². The highest BCUT2D eigenvalue weighted by atomic mass is 32.1. The van der Waals surface area contributed by atoms with Crippen molar-refractivity contribution in [1.29, 1.82) is 0 Å². The quantitative estimate of drug-likeness (QED) is 0.265. The first-order valence-electron chi connectivity index (χ1n) is 12.8. The van der Waals surface area contributed by atoms with Gasteiger partial charge in [-0.3, -0.25) is 19.7 Å². The number of amides is 3. The summed E-state index contributed by atoms with van der Waals surface area (Å²) in [6.45, 7) is 0.334. The Morgan fingerprint density at radius 2 is 1.57 bits per heavy atom. The molecule has 3 amide bonds. The maximum atomic E-state index is 13.3. The number of nitrogens with one attached hydrogen (secondary N) is 1. The molecule has 2 heterocycles. The third-order valence-corrected chi connectivity index (χ3v) is 7.74. The smallest absolute Gasteiger partial charge is 0.268 e. The highest BCUT2D eigenvalue weighted by Gasteiger charge is 2.20. The average Bonchev–Trinajstić information content (AvgIpc) is 3.61. The molecule has 0 saturated carbocycles. The maximum absolute atomic E-state index is 13.3. The van der Waals surface area contributed by atoms with Gasteiger partial charge in [0.1, 0.15) is 0 Å². The molecule has 0 radical (unpaired) electrons. The van der Waals surface area contributed by atoms with Crippen molar-refractivity contribution in [3.05, 3.63) is 101 Å². The van der Waals surface area contributed by atoms with E-state index in [1.807, 2.05) is 77.4 Å². The fourth-order valence-electron chi connectivity index (χ4n) is 4.35. The molecule has 0 spiro atoms. The predicted octanol–water partition coefficient (Wildman–Crippen LogP) is 5.77. The zero-order valence-electron chi connectivity index (χ0n) is 22.5. The van der Waals surface area contributed by atoms with E-state index in [-0.39, 0.29) is 24.1 Å². The Morgan fingerprint density at radius 1 is 0.875 bits per heavy atom. The lowest BCUT2D eigenvalue weighted by Crippen LogP contribution is -2.26. The number of benzene rings is 3. The van der Waals surface area contributed by atoms with E-state index in [0.29, 0.717) is 34.1 Å². The number of anilines is 2. The van der Waals surface area contributed by atoms with Crippen LogP contribution in [0.25, 0.3) is 21.5 Å². The monoisotopic (exact) mass is 551 g/mol. The molecule has 0 unspecified atom stereocenters. The van der Waals surface area contributed by atoms with Gasteiger partial charge in [-0.2, -0.15) is 0 Å². The van der Waals surface area contributed by atoms with E-state index in [1.165, 1.54) is 16.2 Å². The Hall–Kier alpha value is -4.76. The van der Waals surface area contributed by atoms with Gasteiger partial charge in [-0.15, -0.1) is 11.3 Å². The molecule has 3 aromatic carbocycles. The molecule has 9 heteroatoms. The van der Waals surface area contributed by atoms with Gasteiger partial charge in [0.15, 0.2) is 0 Å². The molecule has 5 rings (SSSR count). The van der Waals surface area contributed by atoms with Crippen molar-refractivity contribution in [3.63, 3.8) is 0 Å². The minimum absolute atomic E-state index is 0.0327. The predicted molar refractivity (Wildman–Crippen MR) is 160 cm³/mol. The molecule has 0 aliphatic heterocycles. The van der Waals surface area contributed by atoms with Gasteiger partial charge in [0.2, 0.25) is 11.9 Å². The number of carbonyl (C=O) groups is 3. The first-order valence-corrected chi connectivity index (χ1v) is 13.6. The molecule has 8 nitrogen and oxygen atoms in total. The van der Waals surface area contributed by atoms with Crippen molar-refractivity contribution in [2.24, 2.45) is 0 Å². The topological polar surface area (TPSA) is 87.5 Å². The second-order valence-corrected chi connectivity index (χ2v) is 10.6. The largest absolute Gasteiger partial charge is 0.349 e. The molecule has 0 atom stereocenters. The molecule has 1 N–H and O–H groups in total. The van der Waals surface area contributed by atoms with Crippen molar-refractivity contribution in [2.45, 2.75) is 13.0 Å². The number of hydrogen-bond acceptors (Lipinski definition) is 5. The Kier molecular flexibility index (Phi) is 7.75. The maximum Gasteiger partial charge on any atom is 0.268 e. The molecule has 0 saturated heterocycles. The van der Waals surface area contributed by atoms with Gasteiger partial charge in [-0.05, 0) is 48.0 Å². The van der Waals surface area contributed by atoms with E-state index in [2.05, 4.69) is 5.32 Å². The molecule has 202 valence electrons. The van der Waals surface area contributed by atoms with Crippen molar-refractivity contribution < 1.29 is 14.4 Å². The highest BCUT2D eigenvalue weighted by Crippen LogP contribution is 2.30. The normalized spacial score (nSPS) is 10.9. The number of hydrogen-bond donors (Lipinski definition) is 1. The van der Waals surface area contributed by atoms with Crippen LogP contribution in [0.3, 0.4) is 0 Å². The third-order valence-electron chi connectivity index (χ3n) is 6.61. The van der Waals surface area contributed by atoms with Gasteiger partial charge in [0, 0.05) is 50.2 Å². The van der Waals surface area contributed by atoms with Crippen molar-refractivity contribution in [3.8, 4) is 10.4 Å². The summed E-state index contributed by atoms with van der Waals surface area (Å²) < 4.78 is 1.84. The molecule has 2 aromatic heterocycles. The Morgan fingerprint density at radius 3 is 2.27 bits per heavy atom. The van der Waals surface area contributed by atoms with Crippen LogP contribution in [0, 0.1) is 0 Å². The van der Waals surface area contributed by atoms with E-state index in [1.54, 1.807) is 44.2 Å². The molecule has 40 heavy (non-hydrogen) atoms. The van der Waals surface area contributed by atoms with Crippen LogP contribution in [0.1, 0.15) is 26.5 Å². The van der Waals surface area contributed by atoms with E-state index >= 15 is 0 Å². The fraction of sp³-hybridized carbons (Fsp3) is 0.161. The standard InChI is InChI=1S/C31H29N5O3S/c1-34(2)28(37)18-19-36-25-15-14-23(35(3)30(39)22-12-8-5-9-13-22)20-24(25)32-31(36)33-29(38)27-17-16-26(40-27)21-10-6-4-7-11-21/h4-17,20H,18-19H2,1-3H3,(H,32,33,38). The first-order chi connectivity index (χ1) is 19.3. The Labute approximate surface area is 236 Å². The number of aromatic nitrogens is 2. The van der Waals surface area contributed by atoms with Crippen molar-refractivity contribution >= 4 is 51.7 Å². The number of fused-ring (bicyclic) bond motifs is 1. The van der Waals surface area contributed by atoms with Crippen LogP contribution in [0.4, 0.5) is 11.6 Å². The lowest BCUT2D eigenvalue weighted by atomic mass is 10.2. The number of thiophene rings is 1. The summed E-state index contributed by atoms with van der Waals surface area (Å²) in [5.41, 5.74) is 3.65. The van der Waals surface area contributed by atoms with E-state index in [4.69, 9.17) is 4.98 Å². The van der Waals surface area contributed by atoms with Gasteiger partial charge in [-0.25, -0.2) is 4.98 Å². The van der Waals surface area contributed by atoms with Gasteiger partial charge in [-0.1, -0.05) is 48.5 Å². The Balaban J connectivity index is 1.45. The van der Waals surface area contributed by atoms with Gasteiger partial charge >= 0.3 is 0 Å². The summed E-state index contributed by atoms with van der Waals surface area (Å²) in [7, 11) is 5.14. The third kappa shape index (κ3) is 5.64. The van der Waals surface area contributed by atoms with Crippen LogP contribution < -0.4 is 10.2 Å². The van der Waals surface area contributed by atoms with E-state index < -0.39 is 0 Å². The number of carbonyl (C=O) groups excluding carboxylic acids is 3. The van der Waals surface area contributed by atoms with Crippen LogP contribution in [0.15, 0.2) is 91.0 Å². The molecule has 5 aromatic rings. The first kappa shape index (κ1) is 26.8. The van der Waals surface area contributed by atoms with Crippen LogP contribution in [-0.2, 0) is 11.3 Å². The zero-order valence-corrected chi connectivity index (χ0v) is 23.3.